The Bertz CT molecular complexity index is 160. The molecule has 0 amide bonds. The quantitative estimate of drug-likeness (QED) is 0.612. The third kappa shape index (κ3) is 1.50. The third-order valence-electron chi connectivity index (χ3n) is 1.04. The minimum Gasteiger partial charge on any atom is -0.468 e. The van der Waals surface area contributed by atoms with Crippen molar-refractivity contribution in [1.82, 2.24) is 0 Å². The fraction of sp³-hybridized carbons (Fsp3) is 0.333. The van der Waals surface area contributed by atoms with E-state index < -0.39 is 0 Å². The maximum atomic E-state index is 8.57. The van der Waals surface area contributed by atoms with Gasteiger partial charge in [-0.05, 0) is 12.1 Å². The Kier molecular flexibility index (Phi) is 2.19. The maximum absolute atomic E-state index is 8.57. The molecule has 2 nitrogen and oxygen atoms in total. The summed E-state index contributed by atoms with van der Waals surface area (Å²) < 4.78 is 4.95. The molecule has 0 saturated carbocycles. The average Bonchev–Trinajstić information content (AvgIpc) is 2.37. The molecular weight excluding hydrogens is 136 g/mol. The van der Waals surface area contributed by atoms with Crippen molar-refractivity contribution in [1.29, 1.82) is 0 Å². The number of furan rings is 1. The first kappa shape index (κ1) is 6.71. The van der Waals surface area contributed by atoms with Crippen LogP contribution in [0.3, 0.4) is 0 Å². The van der Waals surface area contributed by atoms with E-state index in [0.29, 0.717) is 5.76 Å². The third-order valence-corrected chi connectivity index (χ3v) is 1.46. The van der Waals surface area contributed by atoms with Crippen LogP contribution < -0.4 is 0 Å². The van der Waals surface area contributed by atoms with Gasteiger partial charge in [0.15, 0.2) is 0 Å². The molecule has 3 heteroatoms. The molecule has 0 aliphatic rings. The molecule has 1 aromatic rings. The first-order valence-electron chi connectivity index (χ1n) is 2.67. The molecule has 0 aliphatic carbocycles. The van der Waals surface area contributed by atoms with Gasteiger partial charge in [0.05, 0.1) is 18.1 Å². The summed E-state index contributed by atoms with van der Waals surface area (Å²) >= 11 is 4.04. The highest BCUT2D eigenvalue weighted by Crippen LogP contribution is 2.18. The van der Waals surface area contributed by atoms with Crippen molar-refractivity contribution in [3.8, 4) is 0 Å². The van der Waals surface area contributed by atoms with Crippen LogP contribution in [0.2, 0.25) is 0 Å². The van der Waals surface area contributed by atoms with Crippen LogP contribution in [0, 0.1) is 0 Å². The Hall–Kier alpha value is -0.410. The molecule has 1 unspecified atom stereocenters. The summed E-state index contributed by atoms with van der Waals surface area (Å²) in [6.45, 7) is 0.0105. The fourth-order valence-corrected chi connectivity index (χ4v) is 0.718. The molecule has 1 N–H and O–H groups in total. The van der Waals surface area contributed by atoms with E-state index >= 15 is 0 Å². The van der Waals surface area contributed by atoms with E-state index in [9.17, 15) is 0 Å². The lowest BCUT2D eigenvalue weighted by atomic mass is 10.3. The van der Waals surface area contributed by atoms with Gasteiger partial charge in [0.2, 0.25) is 0 Å². The Morgan fingerprint density at radius 2 is 2.56 bits per heavy atom. The largest absolute Gasteiger partial charge is 0.468 e. The molecule has 50 valence electrons. The van der Waals surface area contributed by atoms with Gasteiger partial charge in [-0.2, -0.15) is 12.6 Å². The standard InChI is InChI=1S/C6H8O2S/c7-4-6(9)5-2-1-3-8-5/h1-3,6-7,9H,4H2. The molecule has 0 fully saturated rings. The SMILES string of the molecule is OCC(S)c1ccco1. The predicted molar refractivity (Wildman–Crippen MR) is 37.5 cm³/mol. The molecule has 0 aromatic carbocycles. The van der Waals surface area contributed by atoms with Crippen LogP contribution in [0.5, 0.6) is 0 Å². The molecule has 0 aliphatic heterocycles. The summed E-state index contributed by atoms with van der Waals surface area (Å²) in [6, 6.07) is 3.56. The second-order valence-electron chi connectivity index (χ2n) is 1.71. The number of aliphatic hydroxyl groups is 1. The lowest BCUT2D eigenvalue weighted by molar-refractivity contribution is 0.285. The van der Waals surface area contributed by atoms with Gasteiger partial charge in [0.1, 0.15) is 5.76 Å². The van der Waals surface area contributed by atoms with Crippen LogP contribution in [-0.4, -0.2) is 11.7 Å². The molecule has 9 heavy (non-hydrogen) atoms. The first-order valence-corrected chi connectivity index (χ1v) is 3.18. The van der Waals surface area contributed by atoms with Crippen molar-refractivity contribution in [3.05, 3.63) is 24.2 Å². The van der Waals surface area contributed by atoms with Crippen LogP contribution >= 0.6 is 12.6 Å². The van der Waals surface area contributed by atoms with Gasteiger partial charge >= 0.3 is 0 Å². The van der Waals surface area contributed by atoms with E-state index in [1.165, 1.54) is 0 Å². The fourth-order valence-electron chi connectivity index (χ4n) is 0.571. The van der Waals surface area contributed by atoms with E-state index in [0.717, 1.165) is 0 Å². The molecule has 0 saturated heterocycles. The molecule has 1 aromatic heterocycles. The lowest BCUT2D eigenvalue weighted by Crippen LogP contribution is -1.92. The van der Waals surface area contributed by atoms with Crippen molar-refractivity contribution in [3.63, 3.8) is 0 Å². The second-order valence-corrected chi connectivity index (χ2v) is 2.34. The molecular formula is C6H8O2S. The zero-order valence-electron chi connectivity index (χ0n) is 4.82. The monoisotopic (exact) mass is 144 g/mol. The number of hydrogen-bond acceptors (Lipinski definition) is 3. The second kappa shape index (κ2) is 2.94. The summed E-state index contributed by atoms with van der Waals surface area (Å²) in [5, 5.41) is 8.39. The smallest absolute Gasteiger partial charge is 0.118 e. The van der Waals surface area contributed by atoms with Gasteiger partial charge < -0.3 is 9.52 Å². The molecule has 0 bridgehead atoms. The van der Waals surface area contributed by atoms with Crippen LogP contribution in [0.4, 0.5) is 0 Å². The lowest BCUT2D eigenvalue weighted by Gasteiger charge is -1.99. The van der Waals surface area contributed by atoms with Crippen LogP contribution in [0.1, 0.15) is 11.0 Å². The van der Waals surface area contributed by atoms with E-state index in [2.05, 4.69) is 12.6 Å². The summed E-state index contributed by atoms with van der Waals surface area (Å²) in [7, 11) is 0. The number of aliphatic hydroxyl groups excluding tert-OH is 1. The topological polar surface area (TPSA) is 33.4 Å². The summed E-state index contributed by atoms with van der Waals surface area (Å²) in [4.78, 5) is 0. The Balaban J connectivity index is 2.65. The van der Waals surface area contributed by atoms with Crippen molar-refractivity contribution >= 4 is 12.6 Å². The summed E-state index contributed by atoms with van der Waals surface area (Å²) in [5.74, 6) is 0.709. The van der Waals surface area contributed by atoms with Gasteiger partial charge in [-0.1, -0.05) is 0 Å². The van der Waals surface area contributed by atoms with Gasteiger partial charge in [0, 0.05) is 0 Å². The normalized spacial score (nSPS) is 13.6. The summed E-state index contributed by atoms with van der Waals surface area (Å²) in [6.07, 6.45) is 1.56. The van der Waals surface area contributed by atoms with Crippen molar-refractivity contribution in [2.45, 2.75) is 5.25 Å². The van der Waals surface area contributed by atoms with Gasteiger partial charge in [-0.15, -0.1) is 0 Å². The minimum absolute atomic E-state index is 0.0105. The van der Waals surface area contributed by atoms with Crippen molar-refractivity contribution in [2.75, 3.05) is 6.61 Å². The Morgan fingerprint density at radius 1 is 1.78 bits per heavy atom. The minimum atomic E-state index is -0.181. The predicted octanol–water partition coefficient (Wildman–Crippen LogP) is 1.24. The number of thiol groups is 1. The van der Waals surface area contributed by atoms with Crippen molar-refractivity contribution in [2.24, 2.45) is 0 Å². The van der Waals surface area contributed by atoms with Gasteiger partial charge in [0.25, 0.3) is 0 Å². The zero-order chi connectivity index (χ0) is 6.69. The molecule has 1 heterocycles. The highest BCUT2D eigenvalue weighted by atomic mass is 32.1. The molecule has 0 spiro atoms. The van der Waals surface area contributed by atoms with Crippen LogP contribution in [0.25, 0.3) is 0 Å². The van der Waals surface area contributed by atoms with Gasteiger partial charge in [-0.3, -0.25) is 0 Å². The van der Waals surface area contributed by atoms with Crippen molar-refractivity contribution < 1.29 is 9.52 Å². The van der Waals surface area contributed by atoms with E-state index in [1.807, 2.05) is 0 Å². The van der Waals surface area contributed by atoms with E-state index in [-0.39, 0.29) is 11.9 Å². The van der Waals surface area contributed by atoms with E-state index in [4.69, 9.17) is 9.52 Å². The molecule has 0 radical (unpaired) electrons. The number of rotatable bonds is 2. The summed E-state index contributed by atoms with van der Waals surface area (Å²) in [5.41, 5.74) is 0. The number of hydrogen-bond donors (Lipinski definition) is 2. The highest BCUT2D eigenvalue weighted by molar-refractivity contribution is 7.80. The zero-order valence-corrected chi connectivity index (χ0v) is 5.71. The molecule has 1 rings (SSSR count). The maximum Gasteiger partial charge on any atom is 0.118 e. The van der Waals surface area contributed by atoms with Crippen LogP contribution in [-0.2, 0) is 0 Å². The first-order chi connectivity index (χ1) is 4.34. The highest BCUT2D eigenvalue weighted by Gasteiger charge is 2.05. The molecule has 1 atom stereocenters. The Labute approximate surface area is 58.9 Å². The van der Waals surface area contributed by atoms with Crippen LogP contribution in [0.15, 0.2) is 22.8 Å². The van der Waals surface area contributed by atoms with Gasteiger partial charge in [-0.25, -0.2) is 0 Å². The Morgan fingerprint density at radius 3 is 3.00 bits per heavy atom. The van der Waals surface area contributed by atoms with E-state index in [1.54, 1.807) is 18.4 Å². The average molecular weight is 144 g/mol.